The second-order valence-electron chi connectivity index (χ2n) is 6.94. The van der Waals surface area contributed by atoms with Gasteiger partial charge in [0.05, 0.1) is 4.90 Å². The molecule has 0 aliphatic carbocycles. The Hall–Kier alpha value is -3.23. The summed E-state index contributed by atoms with van der Waals surface area (Å²) in [5, 5.41) is 0. The average molecular weight is 428 g/mol. The van der Waals surface area contributed by atoms with Crippen molar-refractivity contribution in [2.45, 2.75) is 30.7 Å². The van der Waals surface area contributed by atoms with Gasteiger partial charge in [-0.2, -0.15) is 0 Å². The maximum atomic E-state index is 12.7. The molecule has 0 bridgehead atoms. The number of carbonyl (C=O) groups is 2. The third kappa shape index (κ3) is 5.22. The Bertz CT molecular complexity index is 1150. The van der Waals surface area contributed by atoms with Crippen molar-refractivity contribution in [1.29, 1.82) is 0 Å². The lowest BCUT2D eigenvalue weighted by atomic mass is 10.1. The Kier molecular flexibility index (Phi) is 6.49. The third-order valence-electron chi connectivity index (χ3n) is 4.61. The highest BCUT2D eigenvalue weighted by Gasteiger charge is 2.25. The van der Waals surface area contributed by atoms with Crippen LogP contribution in [-0.4, -0.2) is 26.2 Å². The minimum absolute atomic E-state index is 0.0793. The lowest BCUT2D eigenvalue weighted by Crippen LogP contribution is -2.68. The molecule has 4 N–H and O–H groups in total. The molecule has 0 aliphatic heterocycles. The Labute approximate surface area is 175 Å². The summed E-state index contributed by atoms with van der Waals surface area (Å²) in [7, 11) is -4.08. The molecule has 0 unspecified atom stereocenters. The van der Waals surface area contributed by atoms with Gasteiger partial charge >= 0.3 is 0 Å². The zero-order valence-electron chi connectivity index (χ0n) is 16.5. The first-order chi connectivity index (χ1) is 14.3. The van der Waals surface area contributed by atoms with Crippen LogP contribution in [0.2, 0.25) is 0 Å². The van der Waals surface area contributed by atoms with E-state index in [4.69, 9.17) is 4.42 Å². The zero-order valence-corrected chi connectivity index (χ0v) is 17.3. The Morgan fingerprint density at radius 3 is 2.43 bits per heavy atom. The molecule has 3 rings (SSSR count). The number of aryl methyl sites for hydroxylation is 1. The molecule has 1 amide bonds. The monoisotopic (exact) mass is 427 g/mol. The Morgan fingerprint density at radius 2 is 1.77 bits per heavy atom. The Morgan fingerprint density at radius 1 is 1.03 bits per heavy atom. The van der Waals surface area contributed by atoms with E-state index in [2.05, 4.69) is 10.5 Å². The van der Waals surface area contributed by atoms with Crippen molar-refractivity contribution >= 4 is 21.7 Å². The molecule has 1 atom stereocenters. The highest BCUT2D eigenvalue weighted by atomic mass is 32.2. The summed E-state index contributed by atoms with van der Waals surface area (Å²) >= 11 is 0. The van der Waals surface area contributed by atoms with Gasteiger partial charge in [0, 0.05) is 18.9 Å². The van der Waals surface area contributed by atoms with Gasteiger partial charge < -0.3 is 10.2 Å². The van der Waals surface area contributed by atoms with Gasteiger partial charge in [-0.05, 0) is 36.2 Å². The minimum Gasteiger partial charge on any atom is -0.453 e. The normalized spacial score (nSPS) is 12.3. The van der Waals surface area contributed by atoms with Crippen LogP contribution in [0.4, 0.5) is 0 Å². The van der Waals surface area contributed by atoms with Crippen molar-refractivity contribution in [2.75, 3.05) is 0 Å². The molecule has 0 saturated carbocycles. The van der Waals surface area contributed by atoms with E-state index < -0.39 is 22.0 Å². The van der Waals surface area contributed by atoms with Crippen molar-refractivity contribution in [1.82, 2.24) is 4.72 Å². The molecule has 2 aromatic carbocycles. The minimum atomic E-state index is -4.08. The molecular weight excluding hydrogens is 404 g/mol. The number of furan rings is 1. The first kappa shape index (κ1) is 21.5. The van der Waals surface area contributed by atoms with Crippen molar-refractivity contribution in [3.8, 4) is 11.3 Å². The average Bonchev–Trinajstić information content (AvgIpc) is 3.23. The van der Waals surface area contributed by atoms with Crippen molar-refractivity contribution in [2.24, 2.45) is 0 Å². The van der Waals surface area contributed by atoms with Gasteiger partial charge in [-0.1, -0.05) is 42.5 Å². The van der Waals surface area contributed by atoms with Crippen molar-refractivity contribution < 1.29 is 28.2 Å². The molecule has 0 spiro atoms. The summed E-state index contributed by atoms with van der Waals surface area (Å²) < 4.78 is 32.9. The van der Waals surface area contributed by atoms with Crippen LogP contribution >= 0.6 is 0 Å². The molecule has 7 nitrogen and oxygen atoms in total. The number of benzene rings is 2. The van der Waals surface area contributed by atoms with E-state index in [-0.39, 0.29) is 16.4 Å². The molecule has 156 valence electrons. The quantitative estimate of drug-likeness (QED) is 0.534. The van der Waals surface area contributed by atoms with E-state index in [1.807, 2.05) is 30.3 Å². The van der Waals surface area contributed by atoms with Gasteiger partial charge in [0.1, 0.15) is 5.76 Å². The molecule has 0 fully saturated rings. The molecule has 8 heteroatoms. The van der Waals surface area contributed by atoms with Crippen LogP contribution in [0.1, 0.15) is 29.5 Å². The molecule has 0 aliphatic rings. The molecular formula is C22H23N2O5S+. The van der Waals surface area contributed by atoms with Crippen LogP contribution in [0, 0.1) is 0 Å². The largest absolute Gasteiger partial charge is 0.453 e. The van der Waals surface area contributed by atoms with Crippen LogP contribution < -0.4 is 10.5 Å². The number of hydrogen-bond donors (Lipinski definition) is 2. The lowest BCUT2D eigenvalue weighted by molar-refractivity contribution is -0.404. The summed E-state index contributed by atoms with van der Waals surface area (Å²) in [6.07, 6.45) is 1.04. The zero-order chi connectivity index (χ0) is 21.7. The van der Waals surface area contributed by atoms with E-state index in [0.717, 1.165) is 5.56 Å². The SMILES string of the molecule is CC(=O)c1ccc(-c2cccc(S(=O)(=O)NC(=O)[C@@H]([NH3+])CCc3ccccc3)c2)o1. The van der Waals surface area contributed by atoms with Gasteiger partial charge in [-0.15, -0.1) is 0 Å². The van der Waals surface area contributed by atoms with Gasteiger partial charge in [0.2, 0.25) is 0 Å². The fourth-order valence-corrected chi connectivity index (χ4v) is 3.98. The number of ketones is 1. The number of quaternary nitrogens is 1. The first-order valence-corrected chi connectivity index (χ1v) is 10.9. The van der Waals surface area contributed by atoms with E-state index in [1.54, 1.807) is 18.2 Å². The van der Waals surface area contributed by atoms with Crippen LogP contribution in [0.3, 0.4) is 0 Å². The molecule has 0 radical (unpaired) electrons. The summed E-state index contributed by atoms with van der Waals surface area (Å²) in [5.41, 5.74) is 5.33. The summed E-state index contributed by atoms with van der Waals surface area (Å²) in [5.74, 6) is -0.339. The standard InChI is InChI=1S/C22H22N2O5S/c1-15(25)20-12-13-21(29-20)17-8-5-9-18(14-17)30(27,28)24-22(26)19(23)11-10-16-6-3-2-4-7-16/h2-9,12-14,19H,10-11,23H2,1H3,(H,24,26)/p+1/t19-/m0/s1. The number of amides is 1. The van der Waals surface area contributed by atoms with E-state index in [0.29, 0.717) is 24.2 Å². The molecule has 1 heterocycles. The van der Waals surface area contributed by atoms with Gasteiger partial charge in [-0.3, -0.25) is 9.59 Å². The third-order valence-corrected chi connectivity index (χ3v) is 5.96. The maximum Gasteiger partial charge on any atom is 0.291 e. The van der Waals surface area contributed by atoms with Crippen molar-refractivity contribution in [3.63, 3.8) is 0 Å². The summed E-state index contributed by atoms with van der Waals surface area (Å²) in [4.78, 5) is 23.7. The van der Waals surface area contributed by atoms with Crippen LogP contribution in [0.5, 0.6) is 0 Å². The fourth-order valence-electron chi connectivity index (χ4n) is 2.89. The van der Waals surface area contributed by atoms with Gasteiger partial charge in [-0.25, -0.2) is 13.1 Å². The van der Waals surface area contributed by atoms with E-state index >= 15 is 0 Å². The summed E-state index contributed by atoms with van der Waals surface area (Å²) in [6, 6.07) is 18.0. The number of hydrogen-bond acceptors (Lipinski definition) is 5. The summed E-state index contributed by atoms with van der Waals surface area (Å²) in [6.45, 7) is 1.38. The first-order valence-electron chi connectivity index (χ1n) is 9.41. The smallest absolute Gasteiger partial charge is 0.291 e. The van der Waals surface area contributed by atoms with Crippen molar-refractivity contribution in [3.05, 3.63) is 78.1 Å². The number of rotatable bonds is 8. The lowest BCUT2D eigenvalue weighted by Gasteiger charge is -2.11. The highest BCUT2D eigenvalue weighted by Crippen LogP contribution is 2.25. The Balaban J connectivity index is 1.70. The number of nitrogens with one attached hydrogen (secondary N) is 1. The van der Waals surface area contributed by atoms with Crippen LogP contribution in [0.15, 0.2) is 76.0 Å². The fraction of sp³-hybridized carbons (Fsp3) is 0.182. The molecule has 1 aromatic heterocycles. The van der Waals surface area contributed by atoms with E-state index in [1.165, 1.54) is 25.1 Å². The van der Waals surface area contributed by atoms with Crippen LogP contribution in [0.25, 0.3) is 11.3 Å². The highest BCUT2D eigenvalue weighted by molar-refractivity contribution is 7.90. The number of carbonyl (C=O) groups excluding carboxylic acids is 2. The maximum absolute atomic E-state index is 12.7. The second-order valence-corrected chi connectivity index (χ2v) is 8.62. The molecule has 3 aromatic rings. The van der Waals surface area contributed by atoms with Crippen LogP contribution in [-0.2, 0) is 21.2 Å². The molecule has 30 heavy (non-hydrogen) atoms. The van der Waals surface area contributed by atoms with Gasteiger partial charge in [0.15, 0.2) is 17.6 Å². The number of Topliss-reactive ketones (excluding diaryl/α,β-unsaturated/α-hetero) is 1. The predicted molar refractivity (Wildman–Crippen MR) is 111 cm³/mol. The predicted octanol–water partition coefficient (Wildman–Crippen LogP) is 2.20. The van der Waals surface area contributed by atoms with E-state index in [9.17, 15) is 18.0 Å². The second kappa shape index (κ2) is 9.06. The number of sulfonamides is 1. The topological polar surface area (TPSA) is 121 Å². The van der Waals surface area contributed by atoms with Gasteiger partial charge in [0.25, 0.3) is 15.9 Å². The molecule has 0 saturated heterocycles.